The first kappa shape index (κ1) is 17.9. The Morgan fingerprint density at radius 1 is 1.21 bits per heavy atom. The zero-order chi connectivity index (χ0) is 17.5. The molecule has 2 unspecified atom stereocenters. The van der Waals surface area contributed by atoms with Gasteiger partial charge in [-0.1, -0.05) is 42.5 Å². The highest BCUT2D eigenvalue weighted by Gasteiger charge is 2.19. The molecule has 0 radical (unpaired) electrons. The van der Waals surface area contributed by atoms with Crippen molar-refractivity contribution in [2.24, 2.45) is 0 Å². The van der Waals surface area contributed by atoms with Gasteiger partial charge in [0.1, 0.15) is 12.7 Å². The Kier molecular flexibility index (Phi) is 6.28. The summed E-state index contributed by atoms with van der Waals surface area (Å²) < 4.78 is 5.45. The van der Waals surface area contributed by atoms with Gasteiger partial charge in [0.2, 0.25) is 0 Å². The fourth-order valence-electron chi connectivity index (χ4n) is 2.40. The second-order valence-electron chi connectivity index (χ2n) is 5.68. The predicted octanol–water partition coefficient (Wildman–Crippen LogP) is 2.99. The molecule has 2 aromatic carbocycles. The number of nitrogens with zero attached hydrogens (tertiary/aromatic N) is 1. The van der Waals surface area contributed by atoms with Crippen LogP contribution in [0.2, 0.25) is 0 Å². The number of hydrogen-bond donors (Lipinski definition) is 2. The number of aliphatic hydroxyl groups excluding tert-OH is 1. The topological polar surface area (TPSA) is 84.6 Å². The van der Waals surface area contributed by atoms with E-state index in [1.807, 2.05) is 37.3 Å². The number of nitro benzene ring substituents is 1. The van der Waals surface area contributed by atoms with Gasteiger partial charge in [0.25, 0.3) is 0 Å². The summed E-state index contributed by atoms with van der Waals surface area (Å²) in [6, 6.07) is 14.9. The molecule has 0 saturated carbocycles. The van der Waals surface area contributed by atoms with Crippen molar-refractivity contribution < 1.29 is 14.8 Å². The van der Waals surface area contributed by atoms with Crippen LogP contribution in [-0.4, -0.2) is 29.3 Å². The van der Waals surface area contributed by atoms with E-state index in [0.717, 1.165) is 5.56 Å². The molecule has 0 heterocycles. The molecular weight excluding hydrogens is 308 g/mol. The minimum Gasteiger partial charge on any atom is -0.484 e. The first-order valence-electron chi connectivity index (χ1n) is 7.82. The fraction of sp³-hybridized carbons (Fsp3) is 0.333. The van der Waals surface area contributed by atoms with Crippen molar-refractivity contribution in [2.75, 3.05) is 13.2 Å². The highest BCUT2D eigenvalue weighted by Crippen LogP contribution is 2.30. The molecule has 2 rings (SSSR count). The van der Waals surface area contributed by atoms with E-state index in [9.17, 15) is 15.2 Å². The largest absolute Gasteiger partial charge is 0.484 e. The maximum absolute atomic E-state index is 11.1. The lowest BCUT2D eigenvalue weighted by atomic mass is 10.1. The van der Waals surface area contributed by atoms with Crippen molar-refractivity contribution in [1.82, 2.24) is 5.32 Å². The average molecular weight is 330 g/mol. The molecule has 2 N–H and O–H groups in total. The van der Waals surface area contributed by atoms with Gasteiger partial charge < -0.3 is 15.2 Å². The summed E-state index contributed by atoms with van der Waals surface area (Å²) in [5.74, 6) is 0.176. The molecule has 0 aliphatic heterocycles. The normalized spacial score (nSPS) is 13.3. The zero-order valence-corrected chi connectivity index (χ0v) is 13.8. The van der Waals surface area contributed by atoms with E-state index < -0.39 is 11.0 Å². The number of ether oxygens (including phenoxy) is 1. The summed E-state index contributed by atoms with van der Waals surface area (Å²) in [6.45, 7) is 3.98. The molecule has 128 valence electrons. The first-order chi connectivity index (χ1) is 11.5. The van der Waals surface area contributed by atoms with Gasteiger partial charge in [-0.3, -0.25) is 10.1 Å². The van der Waals surface area contributed by atoms with Crippen molar-refractivity contribution in [3.8, 4) is 5.75 Å². The van der Waals surface area contributed by atoms with Gasteiger partial charge in [0.15, 0.2) is 5.75 Å². The fourth-order valence-corrected chi connectivity index (χ4v) is 2.40. The van der Waals surface area contributed by atoms with Crippen LogP contribution in [0.25, 0.3) is 0 Å². The highest BCUT2D eigenvalue weighted by atomic mass is 16.6. The lowest BCUT2D eigenvalue weighted by molar-refractivity contribution is -0.386. The third kappa shape index (κ3) is 4.78. The van der Waals surface area contributed by atoms with Crippen molar-refractivity contribution in [3.05, 3.63) is 69.8 Å². The Hall–Kier alpha value is -2.44. The van der Waals surface area contributed by atoms with E-state index in [-0.39, 0.29) is 24.1 Å². The monoisotopic (exact) mass is 330 g/mol. The van der Waals surface area contributed by atoms with Crippen LogP contribution in [0.15, 0.2) is 48.5 Å². The number of rotatable bonds is 8. The van der Waals surface area contributed by atoms with Crippen LogP contribution in [0.1, 0.15) is 24.1 Å². The van der Waals surface area contributed by atoms with Crippen LogP contribution in [0, 0.1) is 17.0 Å². The predicted molar refractivity (Wildman–Crippen MR) is 92.2 cm³/mol. The van der Waals surface area contributed by atoms with Gasteiger partial charge in [0.05, 0.1) is 4.92 Å². The summed E-state index contributed by atoms with van der Waals surface area (Å²) in [5, 5.41) is 24.4. The Bertz CT molecular complexity index is 676. The third-order valence-electron chi connectivity index (χ3n) is 3.77. The minimum atomic E-state index is -0.767. The molecule has 0 amide bonds. The number of aliphatic hydroxyl groups is 1. The van der Waals surface area contributed by atoms with Crippen molar-refractivity contribution in [1.29, 1.82) is 0 Å². The molecule has 0 aliphatic carbocycles. The van der Waals surface area contributed by atoms with Crippen molar-refractivity contribution in [3.63, 3.8) is 0 Å². The highest BCUT2D eigenvalue weighted by molar-refractivity contribution is 5.52. The maximum atomic E-state index is 11.1. The van der Waals surface area contributed by atoms with E-state index in [4.69, 9.17) is 4.74 Å². The quantitative estimate of drug-likeness (QED) is 0.574. The lowest BCUT2D eigenvalue weighted by Gasteiger charge is -2.18. The Morgan fingerprint density at radius 2 is 1.92 bits per heavy atom. The third-order valence-corrected chi connectivity index (χ3v) is 3.77. The van der Waals surface area contributed by atoms with E-state index in [1.165, 1.54) is 6.07 Å². The molecule has 2 aromatic rings. The van der Waals surface area contributed by atoms with Gasteiger partial charge >= 0.3 is 5.69 Å². The molecular formula is C18H22N2O4. The summed E-state index contributed by atoms with van der Waals surface area (Å²) >= 11 is 0. The smallest absolute Gasteiger partial charge is 0.313 e. The summed E-state index contributed by atoms with van der Waals surface area (Å²) in [7, 11) is 0. The van der Waals surface area contributed by atoms with E-state index >= 15 is 0 Å². The molecule has 6 nitrogen and oxygen atoms in total. The van der Waals surface area contributed by atoms with E-state index in [1.54, 1.807) is 19.1 Å². The molecule has 2 atom stereocenters. The van der Waals surface area contributed by atoms with Gasteiger partial charge in [-0.05, 0) is 25.5 Å². The Morgan fingerprint density at radius 3 is 2.58 bits per heavy atom. The van der Waals surface area contributed by atoms with Crippen LogP contribution in [0.4, 0.5) is 5.69 Å². The van der Waals surface area contributed by atoms with Crippen LogP contribution in [0.5, 0.6) is 5.75 Å². The number of hydrogen-bond acceptors (Lipinski definition) is 5. The first-order valence-corrected chi connectivity index (χ1v) is 7.82. The second kappa shape index (κ2) is 8.42. The number of benzene rings is 2. The van der Waals surface area contributed by atoms with E-state index in [2.05, 4.69) is 5.32 Å². The summed E-state index contributed by atoms with van der Waals surface area (Å²) in [6.07, 6.45) is -0.767. The number of nitrogens with one attached hydrogen (secondary N) is 1. The van der Waals surface area contributed by atoms with Crippen LogP contribution < -0.4 is 10.1 Å². The molecule has 0 bridgehead atoms. The summed E-state index contributed by atoms with van der Waals surface area (Å²) in [5.41, 5.74) is 1.60. The Labute approximate surface area is 141 Å². The lowest BCUT2D eigenvalue weighted by Crippen LogP contribution is -2.33. The SMILES string of the molecule is Cc1cccc(OCC(O)CNC(C)c2ccccc2)c1[N+](=O)[O-]. The van der Waals surface area contributed by atoms with E-state index in [0.29, 0.717) is 12.1 Å². The molecule has 0 aromatic heterocycles. The van der Waals surface area contributed by atoms with Gasteiger partial charge in [-0.25, -0.2) is 0 Å². The number of nitro groups is 1. The molecule has 6 heteroatoms. The average Bonchev–Trinajstić information content (AvgIpc) is 2.58. The zero-order valence-electron chi connectivity index (χ0n) is 13.8. The molecule has 0 saturated heterocycles. The molecule has 0 aliphatic rings. The standard InChI is InChI=1S/C18H22N2O4/c1-13-7-6-10-17(18(13)20(22)23)24-12-16(21)11-19-14(2)15-8-4-3-5-9-15/h3-10,14,16,19,21H,11-12H2,1-2H3. The van der Waals surface area contributed by atoms with Crippen molar-refractivity contribution >= 4 is 5.69 Å². The molecule has 24 heavy (non-hydrogen) atoms. The van der Waals surface area contributed by atoms with Crippen LogP contribution in [0.3, 0.4) is 0 Å². The number of aryl methyl sites for hydroxylation is 1. The van der Waals surface area contributed by atoms with Gasteiger partial charge in [0, 0.05) is 18.2 Å². The molecule has 0 fully saturated rings. The number of para-hydroxylation sites is 1. The second-order valence-corrected chi connectivity index (χ2v) is 5.68. The van der Waals surface area contributed by atoms with Crippen molar-refractivity contribution in [2.45, 2.75) is 26.0 Å². The minimum absolute atomic E-state index is 0.0151. The van der Waals surface area contributed by atoms with Crippen LogP contribution in [-0.2, 0) is 0 Å². The Balaban J connectivity index is 1.87. The van der Waals surface area contributed by atoms with Crippen LogP contribution >= 0.6 is 0 Å². The summed E-state index contributed by atoms with van der Waals surface area (Å²) in [4.78, 5) is 10.6. The van der Waals surface area contributed by atoms with Gasteiger partial charge in [-0.15, -0.1) is 0 Å². The molecule has 0 spiro atoms. The maximum Gasteiger partial charge on any atom is 0.313 e. The van der Waals surface area contributed by atoms with Gasteiger partial charge in [-0.2, -0.15) is 0 Å².